The van der Waals surface area contributed by atoms with Crippen LogP contribution in [0.5, 0.6) is 11.5 Å². The summed E-state index contributed by atoms with van der Waals surface area (Å²) in [4.78, 5) is 18.4. The highest BCUT2D eigenvalue weighted by molar-refractivity contribution is 14.1. The predicted octanol–water partition coefficient (Wildman–Crippen LogP) is 3.22. The molecule has 30 heavy (non-hydrogen) atoms. The summed E-state index contributed by atoms with van der Waals surface area (Å²) in [7, 11) is 0. The monoisotopic (exact) mass is 535 g/mol. The van der Waals surface area contributed by atoms with Crippen LogP contribution in [0.2, 0.25) is 0 Å². The van der Waals surface area contributed by atoms with Crippen LogP contribution in [0, 0.1) is 3.57 Å². The molecule has 1 aromatic carbocycles. The number of nitrogens with two attached hydrogens (primary N) is 1. The number of benzene rings is 1. The summed E-state index contributed by atoms with van der Waals surface area (Å²) in [5, 5.41) is 0.817. The Morgan fingerprint density at radius 1 is 1.13 bits per heavy atom. The Balaban J connectivity index is 1.48. The van der Waals surface area contributed by atoms with Crippen molar-refractivity contribution in [2.45, 2.75) is 29.6 Å². The lowest BCUT2D eigenvalue weighted by molar-refractivity contribution is 0.171. The number of hydrogen-bond acceptors (Lipinski definition) is 8. The SMILES string of the molecule is Nc1ncnc2c1nc(Sc1cc3c(cc1I)OCCO3)n2CCCn1ccnc1. The average Bonchev–Trinajstić information content (AvgIpc) is 3.38. The van der Waals surface area contributed by atoms with E-state index in [2.05, 4.69) is 46.7 Å². The molecule has 0 bridgehead atoms. The van der Waals surface area contributed by atoms with E-state index in [1.165, 1.54) is 6.33 Å². The second-order valence-electron chi connectivity index (χ2n) is 6.66. The molecule has 9 nitrogen and oxygen atoms in total. The van der Waals surface area contributed by atoms with Crippen molar-refractivity contribution in [2.24, 2.45) is 0 Å². The minimum Gasteiger partial charge on any atom is -0.486 e. The minimum atomic E-state index is 0.382. The van der Waals surface area contributed by atoms with E-state index in [1.807, 2.05) is 24.7 Å². The number of anilines is 1. The number of aromatic nitrogens is 6. The van der Waals surface area contributed by atoms with E-state index in [0.29, 0.717) is 24.5 Å². The van der Waals surface area contributed by atoms with Crippen LogP contribution in [0.3, 0.4) is 0 Å². The number of halogens is 1. The molecule has 0 saturated heterocycles. The Kier molecular flexibility index (Phi) is 5.37. The molecule has 0 amide bonds. The first-order chi connectivity index (χ1) is 14.7. The summed E-state index contributed by atoms with van der Waals surface area (Å²) in [5.41, 5.74) is 7.43. The van der Waals surface area contributed by atoms with Crippen molar-refractivity contribution in [2.75, 3.05) is 18.9 Å². The number of rotatable bonds is 6. The normalized spacial score (nSPS) is 13.1. The molecule has 1 aliphatic heterocycles. The smallest absolute Gasteiger partial charge is 0.175 e. The number of hydrogen-bond donors (Lipinski definition) is 1. The van der Waals surface area contributed by atoms with Crippen LogP contribution in [-0.4, -0.2) is 42.3 Å². The molecule has 11 heteroatoms. The van der Waals surface area contributed by atoms with E-state index in [-0.39, 0.29) is 0 Å². The lowest BCUT2D eigenvalue weighted by atomic mass is 10.3. The minimum absolute atomic E-state index is 0.382. The van der Waals surface area contributed by atoms with E-state index in [9.17, 15) is 0 Å². The molecule has 0 atom stereocenters. The molecule has 0 saturated carbocycles. The zero-order chi connectivity index (χ0) is 20.5. The molecule has 0 aliphatic carbocycles. The highest BCUT2D eigenvalue weighted by Crippen LogP contribution is 2.40. The highest BCUT2D eigenvalue weighted by atomic mass is 127. The molecule has 2 N–H and O–H groups in total. The molecule has 4 heterocycles. The number of nitrogens with zero attached hydrogens (tertiary/aromatic N) is 6. The standard InChI is InChI=1S/C19H18IN7O2S/c20-12-8-13-14(29-7-6-28-13)9-15(12)30-19-25-16-17(21)23-10-24-18(16)27(19)4-1-3-26-5-2-22-11-26/h2,5,8-11H,1,3-4,6-7H2,(H2,21,23,24). The summed E-state index contributed by atoms with van der Waals surface area (Å²) in [6.45, 7) is 2.72. The zero-order valence-corrected chi connectivity index (χ0v) is 18.8. The first-order valence-corrected chi connectivity index (χ1v) is 11.3. The van der Waals surface area contributed by atoms with Crippen LogP contribution in [-0.2, 0) is 13.1 Å². The van der Waals surface area contributed by atoms with Crippen molar-refractivity contribution in [3.05, 3.63) is 40.8 Å². The quantitative estimate of drug-likeness (QED) is 0.376. The number of ether oxygens (including phenoxy) is 2. The lowest BCUT2D eigenvalue weighted by Crippen LogP contribution is -2.15. The zero-order valence-electron chi connectivity index (χ0n) is 15.9. The Hall–Kier alpha value is -2.54. The number of imidazole rings is 2. The Bertz CT molecular complexity index is 1200. The van der Waals surface area contributed by atoms with Crippen molar-refractivity contribution in [3.63, 3.8) is 0 Å². The number of nitrogen functional groups attached to an aromatic ring is 1. The fraction of sp³-hybridized carbons (Fsp3) is 0.263. The molecular weight excluding hydrogens is 517 g/mol. The van der Waals surface area contributed by atoms with Crippen LogP contribution < -0.4 is 15.2 Å². The van der Waals surface area contributed by atoms with Crippen molar-refractivity contribution in [1.29, 1.82) is 0 Å². The molecule has 0 fully saturated rings. The Morgan fingerprint density at radius 2 is 1.97 bits per heavy atom. The topological polar surface area (TPSA) is 106 Å². The van der Waals surface area contributed by atoms with Gasteiger partial charge in [0, 0.05) is 33.9 Å². The van der Waals surface area contributed by atoms with Gasteiger partial charge in [0.05, 0.1) is 6.33 Å². The van der Waals surface area contributed by atoms with E-state index >= 15 is 0 Å². The van der Waals surface area contributed by atoms with Gasteiger partial charge in [0.2, 0.25) is 0 Å². The molecular formula is C19H18IN7O2S. The first-order valence-electron chi connectivity index (χ1n) is 9.38. The van der Waals surface area contributed by atoms with Crippen LogP contribution in [0.4, 0.5) is 5.82 Å². The van der Waals surface area contributed by atoms with Gasteiger partial charge in [0.1, 0.15) is 19.5 Å². The molecule has 0 radical (unpaired) electrons. The first kappa shape index (κ1) is 19.4. The van der Waals surface area contributed by atoms with Crippen molar-refractivity contribution in [3.8, 4) is 11.5 Å². The van der Waals surface area contributed by atoms with Gasteiger partial charge in [-0.15, -0.1) is 0 Å². The fourth-order valence-corrected chi connectivity index (χ4v) is 4.98. The van der Waals surface area contributed by atoms with Crippen LogP contribution in [0.1, 0.15) is 6.42 Å². The molecule has 3 aromatic heterocycles. The van der Waals surface area contributed by atoms with Crippen LogP contribution in [0.15, 0.2) is 47.2 Å². The van der Waals surface area contributed by atoms with Crippen LogP contribution in [0.25, 0.3) is 11.2 Å². The largest absolute Gasteiger partial charge is 0.486 e. The molecule has 1 aliphatic rings. The molecule has 0 spiro atoms. The highest BCUT2D eigenvalue weighted by Gasteiger charge is 2.20. The lowest BCUT2D eigenvalue weighted by Gasteiger charge is -2.19. The van der Waals surface area contributed by atoms with Gasteiger partial charge in [0.15, 0.2) is 33.6 Å². The predicted molar refractivity (Wildman–Crippen MR) is 121 cm³/mol. The van der Waals surface area contributed by atoms with E-state index in [4.69, 9.17) is 20.2 Å². The Labute approximate surface area is 190 Å². The maximum atomic E-state index is 6.07. The van der Waals surface area contributed by atoms with E-state index in [0.717, 1.165) is 50.3 Å². The van der Waals surface area contributed by atoms with Gasteiger partial charge >= 0.3 is 0 Å². The molecule has 5 rings (SSSR count). The van der Waals surface area contributed by atoms with Gasteiger partial charge in [-0.1, -0.05) is 11.8 Å². The molecule has 4 aromatic rings. The van der Waals surface area contributed by atoms with E-state index in [1.54, 1.807) is 18.0 Å². The number of aryl methyl sites for hydroxylation is 2. The second-order valence-corrected chi connectivity index (χ2v) is 8.83. The van der Waals surface area contributed by atoms with Gasteiger partial charge in [0.25, 0.3) is 0 Å². The summed E-state index contributed by atoms with van der Waals surface area (Å²) in [6, 6.07) is 4.00. The fourth-order valence-electron chi connectivity index (χ4n) is 3.27. The summed E-state index contributed by atoms with van der Waals surface area (Å²) in [5.74, 6) is 1.91. The molecule has 0 unspecified atom stereocenters. The van der Waals surface area contributed by atoms with Gasteiger partial charge in [-0.2, -0.15) is 0 Å². The van der Waals surface area contributed by atoms with Gasteiger partial charge in [-0.25, -0.2) is 19.9 Å². The summed E-state index contributed by atoms with van der Waals surface area (Å²) >= 11 is 3.87. The van der Waals surface area contributed by atoms with Gasteiger partial charge in [-0.05, 0) is 41.1 Å². The third kappa shape index (κ3) is 3.78. The average molecular weight is 535 g/mol. The third-order valence-corrected chi connectivity index (χ3v) is 6.99. The van der Waals surface area contributed by atoms with Gasteiger partial charge < -0.3 is 24.3 Å². The van der Waals surface area contributed by atoms with Crippen molar-refractivity contribution < 1.29 is 9.47 Å². The van der Waals surface area contributed by atoms with E-state index < -0.39 is 0 Å². The summed E-state index contributed by atoms with van der Waals surface area (Å²) < 4.78 is 16.7. The van der Waals surface area contributed by atoms with Gasteiger partial charge in [-0.3, -0.25) is 0 Å². The number of fused-ring (bicyclic) bond motifs is 2. The van der Waals surface area contributed by atoms with Crippen molar-refractivity contribution in [1.82, 2.24) is 29.1 Å². The maximum absolute atomic E-state index is 6.07. The third-order valence-electron chi connectivity index (χ3n) is 4.68. The Morgan fingerprint density at radius 3 is 2.77 bits per heavy atom. The summed E-state index contributed by atoms with van der Waals surface area (Å²) in [6.07, 6.45) is 7.94. The van der Waals surface area contributed by atoms with Crippen molar-refractivity contribution >= 4 is 51.3 Å². The second kappa shape index (κ2) is 8.30. The maximum Gasteiger partial charge on any atom is 0.175 e. The van der Waals surface area contributed by atoms with Crippen LogP contribution >= 0.6 is 34.4 Å². The molecule has 154 valence electrons.